The van der Waals surface area contributed by atoms with Gasteiger partial charge in [0.25, 0.3) is 0 Å². The molecule has 2 N–H and O–H groups in total. The lowest BCUT2D eigenvalue weighted by Crippen LogP contribution is -2.37. The summed E-state index contributed by atoms with van der Waals surface area (Å²) in [5, 5.41) is 12.9. The van der Waals surface area contributed by atoms with Gasteiger partial charge in [0.05, 0.1) is 0 Å². The summed E-state index contributed by atoms with van der Waals surface area (Å²) in [5.74, 6) is 0.589. The molecular formula is C19H21NO3. The third kappa shape index (κ3) is 4.03. The Balaban J connectivity index is 1.69. The Kier molecular flexibility index (Phi) is 4.81. The van der Waals surface area contributed by atoms with E-state index in [0.29, 0.717) is 11.3 Å². The molecule has 0 heterocycles. The Morgan fingerprint density at radius 2 is 1.78 bits per heavy atom. The van der Waals surface area contributed by atoms with Gasteiger partial charge in [-0.25, -0.2) is 4.79 Å². The van der Waals surface area contributed by atoms with E-state index in [1.165, 1.54) is 6.42 Å². The van der Waals surface area contributed by atoms with Crippen LogP contribution in [-0.4, -0.2) is 17.2 Å². The maximum Gasteiger partial charge on any atom is 0.412 e. The van der Waals surface area contributed by atoms with Crippen molar-refractivity contribution in [2.45, 2.75) is 38.1 Å². The van der Waals surface area contributed by atoms with Crippen LogP contribution in [0, 0.1) is 0 Å². The van der Waals surface area contributed by atoms with Gasteiger partial charge in [0.15, 0.2) is 0 Å². The zero-order chi connectivity index (χ0) is 16.1. The number of phenols is 1. The number of phenolic OH excluding ortho intramolecular Hbond substituents is 1. The van der Waals surface area contributed by atoms with Crippen LogP contribution in [0.25, 0.3) is 11.1 Å². The first-order valence-corrected chi connectivity index (χ1v) is 8.09. The molecular weight excluding hydrogens is 289 g/mol. The minimum Gasteiger partial charge on any atom is -0.507 e. The number of benzene rings is 2. The van der Waals surface area contributed by atoms with E-state index in [-0.39, 0.29) is 11.8 Å². The van der Waals surface area contributed by atoms with Crippen molar-refractivity contribution in [1.29, 1.82) is 0 Å². The molecule has 0 saturated heterocycles. The summed E-state index contributed by atoms with van der Waals surface area (Å²) in [7, 11) is 0. The lowest BCUT2D eigenvalue weighted by atomic mass is 9.94. The van der Waals surface area contributed by atoms with Crippen molar-refractivity contribution in [2.75, 3.05) is 0 Å². The standard InChI is InChI=1S/C19H21NO3/c21-18-12-11-16(13-17(18)14-7-3-1-4-8-14)23-19(22)20-15-9-5-2-6-10-15/h1,3-4,7-8,11-13,15,21H,2,5-6,9-10H2,(H,20,22)/i19-1. The molecule has 2 aromatic rings. The topological polar surface area (TPSA) is 58.6 Å². The van der Waals surface area contributed by atoms with E-state index < -0.39 is 6.09 Å². The lowest BCUT2D eigenvalue weighted by Gasteiger charge is -2.22. The quantitative estimate of drug-likeness (QED) is 0.878. The number of nitrogens with one attached hydrogen (secondary N) is 1. The van der Waals surface area contributed by atoms with Crippen molar-refractivity contribution in [3.05, 3.63) is 48.5 Å². The van der Waals surface area contributed by atoms with Crippen molar-refractivity contribution in [1.82, 2.24) is 5.32 Å². The average Bonchev–Trinajstić information content (AvgIpc) is 2.58. The van der Waals surface area contributed by atoms with Crippen molar-refractivity contribution < 1.29 is 14.6 Å². The van der Waals surface area contributed by atoms with Crippen molar-refractivity contribution in [3.8, 4) is 22.6 Å². The number of ether oxygens (including phenoxy) is 1. The van der Waals surface area contributed by atoms with E-state index in [1.54, 1.807) is 18.2 Å². The lowest BCUT2D eigenvalue weighted by molar-refractivity contribution is 0.192. The van der Waals surface area contributed by atoms with E-state index in [1.807, 2.05) is 30.3 Å². The molecule has 0 spiro atoms. The van der Waals surface area contributed by atoms with Crippen LogP contribution >= 0.6 is 0 Å². The van der Waals surface area contributed by atoms with Crippen molar-refractivity contribution >= 4 is 6.09 Å². The summed E-state index contributed by atoms with van der Waals surface area (Å²) in [6, 6.07) is 14.6. The van der Waals surface area contributed by atoms with Crippen LogP contribution in [0.1, 0.15) is 32.1 Å². The smallest absolute Gasteiger partial charge is 0.412 e. The van der Waals surface area contributed by atoms with Crippen LogP contribution in [0.4, 0.5) is 4.79 Å². The molecule has 3 rings (SSSR count). The van der Waals surface area contributed by atoms with Crippen molar-refractivity contribution in [2.24, 2.45) is 0 Å². The molecule has 2 aromatic carbocycles. The first kappa shape index (κ1) is 15.4. The van der Waals surface area contributed by atoms with Gasteiger partial charge in [-0.1, -0.05) is 49.6 Å². The van der Waals surface area contributed by atoms with Crippen LogP contribution in [0.15, 0.2) is 48.5 Å². The van der Waals surface area contributed by atoms with Gasteiger partial charge in [-0.2, -0.15) is 0 Å². The van der Waals surface area contributed by atoms with E-state index in [0.717, 1.165) is 31.2 Å². The summed E-state index contributed by atoms with van der Waals surface area (Å²) in [6.07, 6.45) is 5.15. The van der Waals surface area contributed by atoms with Gasteiger partial charge in [-0.3, -0.25) is 0 Å². The number of amides is 1. The number of hydrogen-bond acceptors (Lipinski definition) is 3. The second kappa shape index (κ2) is 7.18. The van der Waals surface area contributed by atoms with Crippen LogP contribution < -0.4 is 10.1 Å². The number of carbonyl (C=O) groups is 1. The fourth-order valence-electron chi connectivity index (χ4n) is 2.98. The highest BCUT2D eigenvalue weighted by atomic mass is 16.5. The largest absolute Gasteiger partial charge is 0.507 e. The van der Waals surface area contributed by atoms with Gasteiger partial charge in [-0.15, -0.1) is 0 Å². The Morgan fingerprint density at radius 1 is 1.04 bits per heavy atom. The summed E-state index contributed by atoms with van der Waals surface area (Å²) in [4.78, 5) is 12.0. The molecule has 1 fully saturated rings. The van der Waals surface area contributed by atoms with E-state index in [2.05, 4.69) is 5.32 Å². The molecule has 23 heavy (non-hydrogen) atoms. The maximum atomic E-state index is 12.0. The van der Waals surface area contributed by atoms with Gasteiger partial charge >= 0.3 is 6.09 Å². The van der Waals surface area contributed by atoms with Gasteiger partial charge in [0.2, 0.25) is 0 Å². The first-order chi connectivity index (χ1) is 11.2. The maximum absolute atomic E-state index is 12.0. The SMILES string of the molecule is O=[11C](NC1CCCCC1)Oc1ccc(O)c(-c2ccccc2)c1. The highest BCUT2D eigenvalue weighted by Gasteiger charge is 2.17. The van der Waals surface area contributed by atoms with Gasteiger partial charge in [0, 0.05) is 11.6 Å². The molecule has 1 saturated carbocycles. The molecule has 0 atom stereocenters. The van der Waals surface area contributed by atoms with E-state index >= 15 is 0 Å². The minimum atomic E-state index is -0.429. The normalized spacial score (nSPS) is 15.1. The zero-order valence-corrected chi connectivity index (χ0v) is 13.0. The number of rotatable bonds is 3. The number of carbonyl (C=O) groups excluding carboxylic acids is 1. The third-order valence-corrected chi connectivity index (χ3v) is 4.19. The monoisotopic (exact) mass is 310 g/mol. The molecule has 4 heteroatoms. The van der Waals surface area contributed by atoms with Crippen LogP contribution in [0.3, 0.4) is 0 Å². The number of aromatic hydroxyl groups is 1. The molecule has 120 valence electrons. The highest BCUT2D eigenvalue weighted by Crippen LogP contribution is 2.32. The second-order valence-electron chi connectivity index (χ2n) is 5.91. The Labute approximate surface area is 136 Å². The Bertz CT molecular complexity index is 664. The summed E-state index contributed by atoms with van der Waals surface area (Å²) >= 11 is 0. The summed E-state index contributed by atoms with van der Waals surface area (Å²) in [6.45, 7) is 0. The van der Waals surface area contributed by atoms with Gasteiger partial charge in [-0.05, 0) is 36.6 Å². The molecule has 1 aliphatic carbocycles. The first-order valence-electron chi connectivity index (χ1n) is 8.09. The average molecular weight is 310 g/mol. The molecule has 0 aromatic heterocycles. The fourth-order valence-corrected chi connectivity index (χ4v) is 2.98. The molecule has 0 aliphatic heterocycles. The summed E-state index contributed by atoms with van der Waals surface area (Å²) < 4.78 is 5.37. The van der Waals surface area contributed by atoms with E-state index in [9.17, 15) is 9.90 Å². The molecule has 1 amide bonds. The molecule has 0 unspecified atom stereocenters. The van der Waals surface area contributed by atoms with Crippen molar-refractivity contribution in [3.63, 3.8) is 0 Å². The highest BCUT2D eigenvalue weighted by molar-refractivity contribution is 5.75. The number of hydrogen-bond donors (Lipinski definition) is 2. The predicted molar refractivity (Wildman–Crippen MR) is 89.6 cm³/mol. The van der Waals surface area contributed by atoms with Crippen LogP contribution in [0.5, 0.6) is 11.5 Å². The predicted octanol–water partition coefficient (Wildman–Crippen LogP) is 4.48. The summed E-state index contributed by atoms with van der Waals surface area (Å²) in [5.41, 5.74) is 1.52. The van der Waals surface area contributed by atoms with Crippen LogP contribution in [-0.2, 0) is 0 Å². The van der Waals surface area contributed by atoms with Gasteiger partial charge < -0.3 is 15.2 Å². The molecule has 0 bridgehead atoms. The third-order valence-electron chi connectivity index (χ3n) is 4.19. The Morgan fingerprint density at radius 3 is 2.52 bits per heavy atom. The molecule has 1 aliphatic rings. The Hall–Kier alpha value is -2.49. The zero-order valence-electron chi connectivity index (χ0n) is 13.0. The van der Waals surface area contributed by atoms with Gasteiger partial charge in [0.1, 0.15) is 11.5 Å². The van der Waals surface area contributed by atoms with Crippen LogP contribution in [0.2, 0.25) is 0 Å². The molecule has 4 nitrogen and oxygen atoms in total. The second-order valence-corrected chi connectivity index (χ2v) is 5.91. The molecule has 0 radical (unpaired) electrons. The van der Waals surface area contributed by atoms with E-state index in [4.69, 9.17) is 4.74 Å². The minimum absolute atomic E-state index is 0.163. The fraction of sp³-hybridized carbons (Fsp3) is 0.316.